The molecule has 0 aliphatic heterocycles. The van der Waals surface area contributed by atoms with Crippen LogP contribution in [-0.2, 0) is 23.9 Å². The van der Waals surface area contributed by atoms with Crippen molar-refractivity contribution in [1.82, 2.24) is 0 Å². The average molecular weight is 431 g/mol. The molecule has 0 heterocycles. The molecule has 0 radical (unpaired) electrons. The van der Waals surface area contributed by atoms with Gasteiger partial charge in [-0.15, -0.1) is 0 Å². The monoisotopic (exact) mass is 430 g/mol. The summed E-state index contributed by atoms with van der Waals surface area (Å²) in [7, 11) is 0. The van der Waals surface area contributed by atoms with Crippen molar-refractivity contribution in [3.05, 3.63) is 23.3 Å². The van der Waals surface area contributed by atoms with Gasteiger partial charge < -0.3 is 14.6 Å². The van der Waals surface area contributed by atoms with Crippen LogP contribution < -0.4 is 0 Å². The van der Waals surface area contributed by atoms with E-state index >= 15 is 0 Å². The minimum Gasteiger partial charge on any atom is -0.462 e. The number of aliphatic hydroxyl groups is 1. The fourth-order valence-corrected chi connectivity index (χ4v) is 7.45. The third-order valence-corrected chi connectivity index (χ3v) is 8.66. The van der Waals surface area contributed by atoms with E-state index in [0.29, 0.717) is 18.8 Å². The molecule has 0 amide bonds. The molecular formula is C25H34O6. The van der Waals surface area contributed by atoms with Crippen LogP contribution in [0.25, 0.3) is 0 Å². The Balaban J connectivity index is 1.69. The van der Waals surface area contributed by atoms with E-state index in [1.165, 1.54) is 19.4 Å². The fourth-order valence-electron chi connectivity index (χ4n) is 7.45. The van der Waals surface area contributed by atoms with Gasteiger partial charge in [-0.25, -0.2) is 0 Å². The summed E-state index contributed by atoms with van der Waals surface area (Å²) in [4.78, 5) is 35.1. The van der Waals surface area contributed by atoms with Crippen LogP contribution in [0.15, 0.2) is 23.3 Å². The lowest BCUT2D eigenvalue weighted by Gasteiger charge is -2.59. The topological polar surface area (TPSA) is 89.9 Å². The Morgan fingerprint density at radius 3 is 2.61 bits per heavy atom. The molecule has 0 aromatic rings. The highest BCUT2D eigenvalue weighted by Gasteiger charge is 2.63. The first-order valence-corrected chi connectivity index (χ1v) is 11.5. The van der Waals surface area contributed by atoms with Crippen LogP contribution in [-0.4, -0.2) is 41.6 Å². The summed E-state index contributed by atoms with van der Waals surface area (Å²) in [6.45, 7) is 7.33. The summed E-state index contributed by atoms with van der Waals surface area (Å²) in [6, 6.07) is 0. The first-order chi connectivity index (χ1) is 14.6. The van der Waals surface area contributed by atoms with E-state index in [4.69, 9.17) is 9.47 Å². The molecule has 0 aromatic heterocycles. The third kappa shape index (κ3) is 3.67. The molecule has 4 rings (SSSR count). The molecule has 4 aliphatic carbocycles. The molecule has 170 valence electrons. The van der Waals surface area contributed by atoms with Crippen molar-refractivity contribution in [3.63, 3.8) is 0 Å². The van der Waals surface area contributed by atoms with Crippen molar-refractivity contribution in [3.8, 4) is 0 Å². The van der Waals surface area contributed by atoms with Gasteiger partial charge in [-0.1, -0.05) is 19.4 Å². The molecular weight excluding hydrogens is 396 g/mol. The van der Waals surface area contributed by atoms with E-state index in [1.807, 2.05) is 12.2 Å². The molecule has 4 aliphatic rings. The zero-order chi connectivity index (χ0) is 22.6. The molecule has 1 unspecified atom stereocenters. The van der Waals surface area contributed by atoms with Gasteiger partial charge in [-0.3, -0.25) is 14.4 Å². The van der Waals surface area contributed by atoms with Gasteiger partial charge in [0.25, 0.3) is 0 Å². The van der Waals surface area contributed by atoms with Crippen LogP contribution in [0.2, 0.25) is 0 Å². The maximum absolute atomic E-state index is 12.0. The Kier molecular flexibility index (Phi) is 5.65. The molecule has 3 fully saturated rings. The predicted octanol–water partition coefficient (Wildman–Crippen LogP) is 3.52. The predicted molar refractivity (Wildman–Crippen MR) is 114 cm³/mol. The number of rotatable bonds is 3. The van der Waals surface area contributed by atoms with Crippen molar-refractivity contribution < 1.29 is 29.0 Å². The summed E-state index contributed by atoms with van der Waals surface area (Å²) < 4.78 is 10.9. The second kappa shape index (κ2) is 7.88. The number of aliphatic hydroxyl groups excluding tert-OH is 1. The van der Waals surface area contributed by atoms with Crippen LogP contribution in [0.1, 0.15) is 66.2 Å². The molecule has 0 spiro atoms. The van der Waals surface area contributed by atoms with Gasteiger partial charge in [0.15, 0.2) is 5.78 Å². The fraction of sp³-hybridized carbons (Fsp3) is 0.720. The molecule has 3 saturated carbocycles. The van der Waals surface area contributed by atoms with Gasteiger partial charge in [-0.2, -0.15) is 0 Å². The summed E-state index contributed by atoms with van der Waals surface area (Å²) >= 11 is 0. The molecule has 0 saturated heterocycles. The maximum Gasteiger partial charge on any atom is 0.303 e. The Labute approximate surface area is 184 Å². The summed E-state index contributed by atoms with van der Waals surface area (Å²) in [5.41, 5.74) is 1.70. The first-order valence-electron chi connectivity index (χ1n) is 11.5. The molecule has 6 nitrogen and oxygen atoms in total. The number of ketones is 1. The molecule has 6 heteroatoms. The second-order valence-electron chi connectivity index (χ2n) is 10.4. The number of fused-ring (bicyclic) bond motifs is 5. The molecule has 0 aromatic carbocycles. The van der Waals surface area contributed by atoms with E-state index in [9.17, 15) is 19.5 Å². The smallest absolute Gasteiger partial charge is 0.303 e. The van der Waals surface area contributed by atoms with Crippen LogP contribution in [0, 0.1) is 28.6 Å². The summed E-state index contributed by atoms with van der Waals surface area (Å²) in [6.07, 6.45) is 7.33. The van der Waals surface area contributed by atoms with Gasteiger partial charge in [0.2, 0.25) is 0 Å². The van der Waals surface area contributed by atoms with Crippen molar-refractivity contribution in [1.29, 1.82) is 0 Å². The number of allylic oxidation sites excluding steroid dienone is 1. The summed E-state index contributed by atoms with van der Waals surface area (Å²) in [5.74, 6) is 0.189. The normalized spacial score (nSPS) is 42.9. The van der Waals surface area contributed by atoms with Crippen molar-refractivity contribution in [2.45, 2.75) is 78.4 Å². The lowest BCUT2D eigenvalue weighted by Crippen LogP contribution is -2.55. The lowest BCUT2D eigenvalue weighted by molar-refractivity contribution is -0.145. The van der Waals surface area contributed by atoms with Crippen LogP contribution in [0.5, 0.6) is 0 Å². The highest BCUT2D eigenvalue weighted by atomic mass is 16.5. The molecule has 31 heavy (non-hydrogen) atoms. The highest BCUT2D eigenvalue weighted by molar-refractivity contribution is 5.91. The highest BCUT2D eigenvalue weighted by Crippen LogP contribution is 2.66. The first kappa shape index (κ1) is 22.3. The van der Waals surface area contributed by atoms with E-state index < -0.39 is 6.10 Å². The Morgan fingerprint density at radius 2 is 1.94 bits per heavy atom. The molecule has 1 N–H and O–H groups in total. The number of ether oxygens (including phenoxy) is 2. The Morgan fingerprint density at radius 1 is 1.19 bits per heavy atom. The van der Waals surface area contributed by atoms with E-state index in [2.05, 4.69) is 13.8 Å². The SMILES string of the molecule is CC(=O)OCC=C1C(OC(C)=O)C[C@H]2[C@@H]3CCC4=CC(=O)CC[C@]4(C)[C@H]3[C@@H](O)C[C@]12C. The summed E-state index contributed by atoms with van der Waals surface area (Å²) in [5, 5.41) is 11.5. The number of esters is 2. The van der Waals surface area contributed by atoms with E-state index in [0.717, 1.165) is 31.3 Å². The minimum absolute atomic E-state index is 0.101. The minimum atomic E-state index is -0.499. The number of hydrogen-bond donors (Lipinski definition) is 1. The van der Waals surface area contributed by atoms with E-state index in [-0.39, 0.29) is 53.1 Å². The lowest BCUT2D eigenvalue weighted by atomic mass is 9.46. The third-order valence-electron chi connectivity index (χ3n) is 8.66. The molecule has 0 bridgehead atoms. The maximum atomic E-state index is 12.0. The van der Waals surface area contributed by atoms with Gasteiger partial charge in [0, 0.05) is 20.3 Å². The van der Waals surface area contributed by atoms with Crippen molar-refractivity contribution in [2.75, 3.05) is 6.61 Å². The number of carbonyl (C=O) groups excluding carboxylic acids is 3. The van der Waals surface area contributed by atoms with Gasteiger partial charge >= 0.3 is 11.9 Å². The van der Waals surface area contributed by atoms with Crippen LogP contribution in [0.4, 0.5) is 0 Å². The number of hydrogen-bond acceptors (Lipinski definition) is 6. The van der Waals surface area contributed by atoms with Crippen molar-refractivity contribution in [2.24, 2.45) is 28.6 Å². The van der Waals surface area contributed by atoms with Crippen LogP contribution in [0.3, 0.4) is 0 Å². The zero-order valence-corrected chi connectivity index (χ0v) is 19.0. The van der Waals surface area contributed by atoms with Gasteiger partial charge in [0.1, 0.15) is 12.7 Å². The standard InChI is InChI=1S/C25H34O6/c1-14(26)30-10-8-19-22(31-15(2)27)12-20-18-6-5-16-11-17(28)7-9-24(16,3)23(18)21(29)13-25(19,20)4/h8,11,18,20-23,29H,5-7,9-10,12-13H2,1-4H3/t18-,20-,21-,22?,23+,24-,25+/m0/s1. The van der Waals surface area contributed by atoms with Gasteiger partial charge in [-0.05, 0) is 78.4 Å². The number of carbonyl (C=O) groups is 3. The largest absolute Gasteiger partial charge is 0.462 e. The Bertz CT molecular complexity index is 856. The second-order valence-corrected chi connectivity index (χ2v) is 10.4. The Hall–Kier alpha value is -1.95. The van der Waals surface area contributed by atoms with Gasteiger partial charge in [0.05, 0.1) is 6.10 Å². The van der Waals surface area contributed by atoms with Crippen LogP contribution >= 0.6 is 0 Å². The van der Waals surface area contributed by atoms with Crippen molar-refractivity contribution >= 4 is 17.7 Å². The zero-order valence-electron chi connectivity index (χ0n) is 19.0. The van der Waals surface area contributed by atoms with E-state index in [1.54, 1.807) is 0 Å². The average Bonchev–Trinajstić information content (AvgIpc) is 2.92. The quantitative estimate of drug-likeness (QED) is 0.544. The molecule has 7 atom stereocenters.